The summed E-state index contributed by atoms with van der Waals surface area (Å²) in [6, 6.07) is 11.9. The van der Waals surface area contributed by atoms with E-state index in [1.807, 2.05) is 0 Å². The highest BCUT2D eigenvalue weighted by atomic mass is 16.4. The fourth-order valence-corrected chi connectivity index (χ4v) is 2.80. The Kier molecular flexibility index (Phi) is 8.18. The van der Waals surface area contributed by atoms with E-state index in [1.54, 1.807) is 36.4 Å². The van der Waals surface area contributed by atoms with Gasteiger partial charge in [0.1, 0.15) is 6.04 Å². The van der Waals surface area contributed by atoms with E-state index in [0.29, 0.717) is 17.3 Å². The molecule has 0 amide bonds. The van der Waals surface area contributed by atoms with Crippen molar-refractivity contribution in [2.45, 2.75) is 24.9 Å². The third kappa shape index (κ3) is 6.75. The molecule has 0 aliphatic heterocycles. The molecule has 0 spiro atoms. The maximum Gasteiger partial charge on any atom is 0.488 e. The minimum Gasteiger partial charge on any atom is -0.480 e. The lowest BCUT2D eigenvalue weighted by Gasteiger charge is -2.18. The number of rotatable bonds is 10. The van der Waals surface area contributed by atoms with E-state index in [0.717, 1.165) is 11.1 Å². The zero-order valence-electron chi connectivity index (χ0n) is 15.3. The van der Waals surface area contributed by atoms with Crippen LogP contribution in [0.25, 0.3) is 0 Å². The number of carboxylic acids is 1. The summed E-state index contributed by atoms with van der Waals surface area (Å²) in [5, 5.41) is 48.8. The second kappa shape index (κ2) is 10.4. The normalized spacial score (nSPS) is 13.0. The average molecular weight is 386 g/mol. The number of aliphatic carboxylic acids is 1. The van der Waals surface area contributed by atoms with Crippen molar-refractivity contribution in [3.05, 3.63) is 59.7 Å². The predicted molar refractivity (Wildman–Crippen MR) is 107 cm³/mol. The standard InChI is InChI=1S/C18H24B2N2O6/c21-16(9-12-1-5-14(6-2-12)19(25)26)11-22-17(18(23)24)10-13-3-7-15(8-4-13)20(27)28/h1-8,16-17,22,25-28H,9-11,21H2,(H,23,24)/t16-,17-/m0/s1. The molecule has 0 saturated heterocycles. The van der Waals surface area contributed by atoms with Crippen molar-refractivity contribution in [2.24, 2.45) is 5.73 Å². The lowest BCUT2D eigenvalue weighted by atomic mass is 9.80. The quantitative estimate of drug-likeness (QED) is 0.216. The van der Waals surface area contributed by atoms with Crippen LogP contribution in [0.15, 0.2) is 48.5 Å². The zero-order valence-corrected chi connectivity index (χ0v) is 15.3. The van der Waals surface area contributed by atoms with Crippen LogP contribution in [0.2, 0.25) is 0 Å². The molecule has 0 heterocycles. The highest BCUT2D eigenvalue weighted by Gasteiger charge is 2.19. The largest absolute Gasteiger partial charge is 0.488 e. The van der Waals surface area contributed by atoms with Gasteiger partial charge in [0.25, 0.3) is 0 Å². The number of hydrogen-bond acceptors (Lipinski definition) is 7. The van der Waals surface area contributed by atoms with Gasteiger partial charge in [-0.25, -0.2) is 0 Å². The van der Waals surface area contributed by atoms with Crippen LogP contribution in [0.5, 0.6) is 0 Å². The van der Waals surface area contributed by atoms with Gasteiger partial charge in [-0.1, -0.05) is 48.5 Å². The summed E-state index contributed by atoms with van der Waals surface area (Å²) >= 11 is 0. The Hall–Kier alpha value is -2.20. The highest BCUT2D eigenvalue weighted by Crippen LogP contribution is 2.05. The van der Waals surface area contributed by atoms with E-state index in [1.165, 1.54) is 12.1 Å². The molecule has 0 aliphatic rings. The maximum atomic E-state index is 11.5. The molecular weight excluding hydrogens is 362 g/mol. The maximum absolute atomic E-state index is 11.5. The van der Waals surface area contributed by atoms with Crippen molar-refractivity contribution in [3.63, 3.8) is 0 Å². The molecule has 28 heavy (non-hydrogen) atoms. The summed E-state index contributed by atoms with van der Waals surface area (Å²) in [6.45, 7) is 0.286. The van der Waals surface area contributed by atoms with Gasteiger partial charge in [0.15, 0.2) is 0 Å². The molecule has 2 aromatic carbocycles. The van der Waals surface area contributed by atoms with Crippen LogP contribution in [0.1, 0.15) is 11.1 Å². The monoisotopic (exact) mass is 386 g/mol. The zero-order chi connectivity index (χ0) is 20.7. The molecular formula is C18H24B2N2O6. The summed E-state index contributed by atoms with van der Waals surface area (Å²) in [5.41, 5.74) is 8.47. The minimum atomic E-state index is -1.56. The molecule has 2 aromatic rings. The smallest absolute Gasteiger partial charge is 0.480 e. The molecule has 0 aromatic heterocycles. The van der Waals surface area contributed by atoms with Crippen molar-refractivity contribution < 1.29 is 30.0 Å². The van der Waals surface area contributed by atoms with E-state index in [9.17, 15) is 9.90 Å². The lowest BCUT2D eigenvalue weighted by molar-refractivity contribution is -0.139. The molecule has 8 N–H and O–H groups in total. The molecule has 8 nitrogen and oxygen atoms in total. The first-order valence-electron chi connectivity index (χ1n) is 8.88. The summed E-state index contributed by atoms with van der Waals surface area (Å²) in [4.78, 5) is 11.5. The van der Waals surface area contributed by atoms with Crippen molar-refractivity contribution in [2.75, 3.05) is 6.54 Å². The summed E-state index contributed by atoms with van der Waals surface area (Å²) in [7, 11) is -3.08. The van der Waals surface area contributed by atoms with E-state index in [2.05, 4.69) is 5.32 Å². The van der Waals surface area contributed by atoms with Gasteiger partial charge in [-0.15, -0.1) is 0 Å². The summed E-state index contributed by atoms with van der Waals surface area (Å²) < 4.78 is 0. The average Bonchev–Trinajstić information content (AvgIpc) is 2.65. The topological polar surface area (TPSA) is 156 Å². The number of nitrogens with one attached hydrogen (secondary N) is 1. The van der Waals surface area contributed by atoms with Gasteiger partial charge in [-0.05, 0) is 34.9 Å². The minimum absolute atomic E-state index is 0.229. The first-order valence-corrected chi connectivity index (χ1v) is 8.88. The Morgan fingerprint density at radius 2 is 1.29 bits per heavy atom. The van der Waals surface area contributed by atoms with E-state index in [4.69, 9.17) is 25.8 Å². The molecule has 10 heteroatoms. The molecule has 2 rings (SSSR count). The van der Waals surface area contributed by atoms with E-state index >= 15 is 0 Å². The van der Waals surface area contributed by atoms with Crippen LogP contribution in [-0.4, -0.2) is 64.0 Å². The molecule has 0 radical (unpaired) electrons. The molecule has 0 fully saturated rings. The van der Waals surface area contributed by atoms with Crippen LogP contribution < -0.4 is 22.0 Å². The number of carboxylic acid groups (broad SMARTS) is 1. The van der Waals surface area contributed by atoms with Crippen molar-refractivity contribution in [1.82, 2.24) is 5.32 Å². The Bertz CT molecular complexity index is 756. The molecule has 148 valence electrons. The second-order valence-corrected chi connectivity index (χ2v) is 6.70. The molecule has 2 atom stereocenters. The molecule has 0 unspecified atom stereocenters. The van der Waals surface area contributed by atoms with Crippen molar-refractivity contribution in [1.29, 1.82) is 0 Å². The Labute approximate surface area is 163 Å². The van der Waals surface area contributed by atoms with Gasteiger partial charge in [-0.3, -0.25) is 4.79 Å². The van der Waals surface area contributed by atoms with E-state index < -0.39 is 26.2 Å². The lowest BCUT2D eigenvalue weighted by Crippen LogP contribution is -2.45. The summed E-state index contributed by atoms with van der Waals surface area (Å²) in [5.74, 6) is -1.00. The van der Waals surface area contributed by atoms with Crippen molar-refractivity contribution >= 4 is 31.1 Å². The Morgan fingerprint density at radius 3 is 1.68 bits per heavy atom. The summed E-state index contributed by atoms with van der Waals surface area (Å²) in [6.07, 6.45) is 0.733. The van der Waals surface area contributed by atoms with Crippen LogP contribution in [0.4, 0.5) is 0 Å². The Morgan fingerprint density at radius 1 is 0.857 bits per heavy atom. The van der Waals surface area contributed by atoms with E-state index in [-0.39, 0.29) is 19.0 Å². The van der Waals surface area contributed by atoms with Gasteiger partial charge in [0.2, 0.25) is 0 Å². The number of benzene rings is 2. The predicted octanol–water partition coefficient (Wildman–Crippen LogP) is -2.80. The fourth-order valence-electron chi connectivity index (χ4n) is 2.80. The van der Waals surface area contributed by atoms with Crippen LogP contribution in [0, 0.1) is 0 Å². The first-order chi connectivity index (χ1) is 13.3. The molecule has 0 bridgehead atoms. The SMILES string of the molecule is N[C@H](CN[C@@H](Cc1ccc(B(O)O)cc1)C(=O)O)Cc1ccc(B(O)O)cc1. The van der Waals surface area contributed by atoms with Gasteiger partial charge in [-0.2, -0.15) is 0 Å². The Balaban J connectivity index is 1.88. The fraction of sp³-hybridized carbons (Fsp3) is 0.278. The van der Waals surface area contributed by atoms with Gasteiger partial charge >= 0.3 is 20.2 Å². The van der Waals surface area contributed by atoms with Crippen LogP contribution >= 0.6 is 0 Å². The highest BCUT2D eigenvalue weighted by molar-refractivity contribution is 6.58. The third-order valence-corrected chi connectivity index (χ3v) is 4.42. The molecule has 0 saturated carbocycles. The van der Waals surface area contributed by atoms with Crippen LogP contribution in [0.3, 0.4) is 0 Å². The number of nitrogens with two attached hydrogens (primary N) is 1. The van der Waals surface area contributed by atoms with Gasteiger partial charge in [0.05, 0.1) is 0 Å². The number of hydrogen-bond donors (Lipinski definition) is 7. The number of carbonyl (C=O) groups is 1. The van der Waals surface area contributed by atoms with Gasteiger partial charge in [0, 0.05) is 12.6 Å². The van der Waals surface area contributed by atoms with Crippen LogP contribution in [-0.2, 0) is 17.6 Å². The first kappa shape index (κ1) is 22.1. The second-order valence-electron chi connectivity index (χ2n) is 6.70. The van der Waals surface area contributed by atoms with Crippen molar-refractivity contribution in [3.8, 4) is 0 Å². The van der Waals surface area contributed by atoms with Gasteiger partial charge < -0.3 is 36.3 Å². The molecule has 0 aliphatic carbocycles. The third-order valence-electron chi connectivity index (χ3n) is 4.42.